The summed E-state index contributed by atoms with van der Waals surface area (Å²) in [5.41, 5.74) is 2.18. The highest BCUT2D eigenvalue weighted by molar-refractivity contribution is 6.30. The number of nitrogens with zero attached hydrogens (tertiary/aromatic N) is 2. The van der Waals surface area contributed by atoms with Gasteiger partial charge in [-0.3, -0.25) is 9.69 Å². The van der Waals surface area contributed by atoms with Gasteiger partial charge in [-0.25, -0.2) is 9.18 Å². The largest absolute Gasteiger partial charge is 0.325 e. The standard InChI is InChI=1S/C26H29ClFN3O2/c1-17(30-13-10-19(11-14-30)18-2-5-22(28)6-3-18)9-15-31-24(32)26(29-25(31)33)12-8-20-16-21(27)4-7-23(20)26/h2-7,16-17,19H,8-15H2,1H3,(H,29,33). The fraction of sp³-hybridized carbons (Fsp3) is 0.462. The van der Waals surface area contributed by atoms with Crippen molar-refractivity contribution in [2.75, 3.05) is 19.6 Å². The smallest absolute Gasteiger partial charge is 0.319 e. The van der Waals surface area contributed by atoms with Crippen molar-refractivity contribution in [3.63, 3.8) is 0 Å². The maximum Gasteiger partial charge on any atom is 0.325 e. The monoisotopic (exact) mass is 469 g/mol. The minimum atomic E-state index is -0.937. The van der Waals surface area contributed by atoms with E-state index in [0.29, 0.717) is 23.9 Å². The Labute approximate surface area is 198 Å². The number of likely N-dealkylation sites (tertiary alicyclic amines) is 1. The number of imide groups is 1. The van der Waals surface area contributed by atoms with Crippen molar-refractivity contribution < 1.29 is 14.0 Å². The average Bonchev–Trinajstić information content (AvgIpc) is 3.29. The number of amides is 3. The van der Waals surface area contributed by atoms with E-state index >= 15 is 0 Å². The fourth-order valence-electron chi connectivity index (χ4n) is 5.73. The first-order valence-electron chi connectivity index (χ1n) is 11.8. The molecule has 0 bridgehead atoms. The van der Waals surface area contributed by atoms with Gasteiger partial charge < -0.3 is 10.2 Å². The van der Waals surface area contributed by atoms with Crippen molar-refractivity contribution in [2.45, 2.75) is 56.5 Å². The highest BCUT2D eigenvalue weighted by Gasteiger charge is 2.55. The predicted octanol–water partition coefficient (Wildman–Crippen LogP) is 4.83. The summed E-state index contributed by atoms with van der Waals surface area (Å²) < 4.78 is 13.2. The molecule has 1 spiro atoms. The van der Waals surface area contributed by atoms with Gasteiger partial charge in [-0.05, 0) is 99.0 Å². The van der Waals surface area contributed by atoms with Crippen LogP contribution < -0.4 is 5.32 Å². The van der Waals surface area contributed by atoms with Crippen LogP contribution in [0.25, 0.3) is 0 Å². The topological polar surface area (TPSA) is 52.7 Å². The van der Waals surface area contributed by atoms with E-state index in [0.717, 1.165) is 49.9 Å². The van der Waals surface area contributed by atoms with E-state index in [2.05, 4.69) is 17.1 Å². The molecule has 174 valence electrons. The molecule has 2 saturated heterocycles. The lowest BCUT2D eigenvalue weighted by Crippen LogP contribution is -2.43. The number of benzene rings is 2. The van der Waals surface area contributed by atoms with Gasteiger partial charge in [-0.15, -0.1) is 0 Å². The van der Waals surface area contributed by atoms with Gasteiger partial charge in [0, 0.05) is 17.6 Å². The molecule has 2 fully saturated rings. The third-order valence-electron chi connectivity index (χ3n) is 7.74. The fourth-order valence-corrected chi connectivity index (χ4v) is 5.93. The number of carbonyl (C=O) groups is 2. The van der Waals surface area contributed by atoms with Gasteiger partial charge in [0.2, 0.25) is 0 Å². The molecule has 2 aromatic carbocycles. The zero-order chi connectivity index (χ0) is 23.2. The van der Waals surface area contributed by atoms with Crippen molar-refractivity contribution in [3.05, 3.63) is 70.0 Å². The minimum absolute atomic E-state index is 0.143. The van der Waals surface area contributed by atoms with Crippen LogP contribution in [-0.2, 0) is 16.8 Å². The van der Waals surface area contributed by atoms with Gasteiger partial charge in [0.15, 0.2) is 0 Å². The summed E-state index contributed by atoms with van der Waals surface area (Å²) in [6, 6.07) is 12.4. The molecular formula is C26H29ClFN3O2. The Bertz CT molecular complexity index is 1070. The Morgan fingerprint density at radius 3 is 2.61 bits per heavy atom. The average molecular weight is 470 g/mol. The number of rotatable bonds is 5. The first-order chi connectivity index (χ1) is 15.9. The Hall–Kier alpha value is -2.44. The molecule has 5 nitrogen and oxygen atoms in total. The number of hydrogen-bond donors (Lipinski definition) is 1. The van der Waals surface area contributed by atoms with E-state index in [9.17, 15) is 14.0 Å². The predicted molar refractivity (Wildman–Crippen MR) is 126 cm³/mol. The number of nitrogens with one attached hydrogen (secondary N) is 1. The lowest BCUT2D eigenvalue weighted by atomic mass is 9.89. The minimum Gasteiger partial charge on any atom is -0.319 e. The molecule has 0 aromatic heterocycles. The number of fused-ring (bicyclic) bond motifs is 2. The summed E-state index contributed by atoms with van der Waals surface area (Å²) in [4.78, 5) is 30.0. The number of hydrogen-bond acceptors (Lipinski definition) is 3. The van der Waals surface area contributed by atoms with E-state index in [1.54, 1.807) is 6.07 Å². The van der Waals surface area contributed by atoms with E-state index in [1.807, 2.05) is 24.3 Å². The van der Waals surface area contributed by atoms with E-state index in [-0.39, 0.29) is 23.8 Å². The summed E-state index contributed by atoms with van der Waals surface area (Å²) >= 11 is 6.12. The van der Waals surface area contributed by atoms with Gasteiger partial charge >= 0.3 is 6.03 Å². The summed E-state index contributed by atoms with van der Waals surface area (Å²) in [5, 5.41) is 3.64. The second-order valence-electron chi connectivity index (χ2n) is 9.59. The van der Waals surface area contributed by atoms with Gasteiger partial charge in [0.25, 0.3) is 5.91 Å². The molecule has 3 amide bonds. The summed E-state index contributed by atoms with van der Waals surface area (Å²) in [6.45, 7) is 4.50. The van der Waals surface area contributed by atoms with Crippen molar-refractivity contribution in [2.24, 2.45) is 0 Å². The molecule has 1 aliphatic carbocycles. The van der Waals surface area contributed by atoms with Crippen LogP contribution in [-0.4, -0.2) is 47.4 Å². The van der Waals surface area contributed by atoms with E-state index < -0.39 is 5.54 Å². The second kappa shape index (κ2) is 8.73. The molecule has 0 radical (unpaired) electrons. The first kappa shape index (κ1) is 22.4. The Balaban J connectivity index is 1.18. The molecule has 0 saturated carbocycles. The SMILES string of the molecule is CC(CCN1C(=O)NC2(CCc3cc(Cl)ccc32)C1=O)N1CCC(c2ccc(F)cc2)CC1. The number of piperidine rings is 1. The number of aryl methyl sites for hydroxylation is 1. The van der Waals surface area contributed by atoms with Crippen molar-refractivity contribution in [3.8, 4) is 0 Å². The van der Waals surface area contributed by atoms with Gasteiger partial charge in [0.05, 0.1) is 0 Å². The van der Waals surface area contributed by atoms with Crippen LogP contribution >= 0.6 is 11.6 Å². The Morgan fingerprint density at radius 2 is 1.88 bits per heavy atom. The van der Waals surface area contributed by atoms with Gasteiger partial charge in [0.1, 0.15) is 11.4 Å². The van der Waals surface area contributed by atoms with Crippen molar-refractivity contribution in [1.29, 1.82) is 0 Å². The third-order valence-corrected chi connectivity index (χ3v) is 7.97. The summed E-state index contributed by atoms with van der Waals surface area (Å²) in [5.74, 6) is 0.114. The number of carbonyl (C=O) groups excluding carboxylic acids is 2. The zero-order valence-corrected chi connectivity index (χ0v) is 19.6. The summed E-state index contributed by atoms with van der Waals surface area (Å²) in [6.07, 6.45) is 4.11. The molecule has 2 aromatic rings. The molecule has 33 heavy (non-hydrogen) atoms. The van der Waals surface area contributed by atoms with Gasteiger partial charge in [-0.2, -0.15) is 0 Å². The van der Waals surface area contributed by atoms with Crippen LogP contribution in [0.5, 0.6) is 0 Å². The van der Waals surface area contributed by atoms with E-state index in [4.69, 9.17) is 11.6 Å². The molecule has 2 aliphatic heterocycles. The molecule has 5 rings (SSSR count). The van der Waals surface area contributed by atoms with Crippen LogP contribution in [0.15, 0.2) is 42.5 Å². The van der Waals surface area contributed by atoms with Crippen LogP contribution in [0.4, 0.5) is 9.18 Å². The lowest BCUT2D eigenvalue weighted by molar-refractivity contribution is -0.131. The molecule has 2 atom stereocenters. The van der Waals surface area contributed by atoms with Crippen molar-refractivity contribution in [1.82, 2.24) is 15.1 Å². The maximum atomic E-state index is 13.4. The highest BCUT2D eigenvalue weighted by atomic mass is 35.5. The molecule has 1 N–H and O–H groups in total. The van der Waals surface area contributed by atoms with Gasteiger partial charge in [-0.1, -0.05) is 29.8 Å². The zero-order valence-electron chi connectivity index (χ0n) is 18.8. The lowest BCUT2D eigenvalue weighted by Gasteiger charge is -2.36. The second-order valence-corrected chi connectivity index (χ2v) is 10.0. The molecule has 3 aliphatic rings. The molecular weight excluding hydrogens is 441 g/mol. The Kier molecular flexibility index (Phi) is 5.91. The maximum absolute atomic E-state index is 13.4. The molecule has 2 heterocycles. The molecule has 7 heteroatoms. The number of halogens is 2. The quantitative estimate of drug-likeness (QED) is 0.638. The van der Waals surface area contributed by atoms with Crippen LogP contribution in [0, 0.1) is 5.82 Å². The third kappa shape index (κ3) is 4.04. The molecule has 2 unspecified atom stereocenters. The van der Waals surface area contributed by atoms with Crippen molar-refractivity contribution >= 4 is 23.5 Å². The van der Waals surface area contributed by atoms with Crippen LogP contribution in [0.3, 0.4) is 0 Å². The summed E-state index contributed by atoms with van der Waals surface area (Å²) in [7, 11) is 0. The normalized spacial score (nSPS) is 24.4. The van der Waals surface area contributed by atoms with Crippen LogP contribution in [0.1, 0.15) is 55.2 Å². The number of urea groups is 1. The first-order valence-corrected chi connectivity index (χ1v) is 12.2. The Morgan fingerprint density at radius 1 is 1.15 bits per heavy atom. The highest BCUT2D eigenvalue weighted by Crippen LogP contribution is 2.42. The van der Waals surface area contributed by atoms with Crippen LogP contribution in [0.2, 0.25) is 5.02 Å². The van der Waals surface area contributed by atoms with E-state index in [1.165, 1.54) is 22.6 Å².